The SMILES string of the molecule is Cc1cc(C(=O)N2CCCC(N(C)C)c3ccccc32)ccc1NC(=O)c1ccccc1C. The Labute approximate surface area is 196 Å². The molecular weight excluding hydrogens is 410 g/mol. The number of amides is 2. The van der Waals surface area contributed by atoms with Crippen LogP contribution in [0, 0.1) is 13.8 Å². The van der Waals surface area contributed by atoms with Crippen LogP contribution in [-0.2, 0) is 0 Å². The Morgan fingerprint density at radius 3 is 2.39 bits per heavy atom. The highest BCUT2D eigenvalue weighted by atomic mass is 16.2. The molecule has 1 aliphatic rings. The van der Waals surface area contributed by atoms with Crippen molar-refractivity contribution in [2.24, 2.45) is 0 Å². The zero-order valence-corrected chi connectivity index (χ0v) is 19.8. The lowest BCUT2D eigenvalue weighted by molar-refractivity contribution is 0.0985. The smallest absolute Gasteiger partial charge is 0.258 e. The topological polar surface area (TPSA) is 52.7 Å². The van der Waals surface area contributed by atoms with Gasteiger partial charge in [0, 0.05) is 35.1 Å². The summed E-state index contributed by atoms with van der Waals surface area (Å²) in [4.78, 5) is 30.4. The molecule has 5 nitrogen and oxygen atoms in total. The van der Waals surface area contributed by atoms with Crippen molar-refractivity contribution >= 4 is 23.2 Å². The zero-order chi connectivity index (χ0) is 23.5. The molecule has 1 atom stereocenters. The Hall–Kier alpha value is -3.44. The van der Waals surface area contributed by atoms with Crippen molar-refractivity contribution < 1.29 is 9.59 Å². The Balaban J connectivity index is 1.59. The van der Waals surface area contributed by atoms with Gasteiger partial charge in [0.1, 0.15) is 0 Å². The zero-order valence-electron chi connectivity index (χ0n) is 19.8. The molecule has 0 radical (unpaired) electrons. The second-order valence-corrected chi connectivity index (χ2v) is 8.94. The number of carbonyl (C=O) groups excluding carboxylic acids is 2. The third-order valence-corrected chi connectivity index (χ3v) is 6.43. The molecule has 0 spiro atoms. The fourth-order valence-electron chi connectivity index (χ4n) is 4.59. The van der Waals surface area contributed by atoms with E-state index in [9.17, 15) is 9.59 Å². The molecule has 0 aliphatic carbocycles. The number of rotatable bonds is 4. The van der Waals surface area contributed by atoms with E-state index in [-0.39, 0.29) is 11.8 Å². The van der Waals surface area contributed by atoms with Crippen LogP contribution in [0.2, 0.25) is 0 Å². The summed E-state index contributed by atoms with van der Waals surface area (Å²) in [5.74, 6) is -0.159. The molecule has 3 aromatic carbocycles. The van der Waals surface area contributed by atoms with Crippen LogP contribution in [-0.4, -0.2) is 37.4 Å². The first-order chi connectivity index (χ1) is 15.9. The van der Waals surface area contributed by atoms with Gasteiger partial charge in [0.15, 0.2) is 0 Å². The predicted octanol–water partition coefficient (Wildman–Crippen LogP) is 5.60. The summed E-state index contributed by atoms with van der Waals surface area (Å²) in [7, 11) is 4.18. The van der Waals surface area contributed by atoms with E-state index in [0.717, 1.165) is 29.7 Å². The molecule has 1 unspecified atom stereocenters. The van der Waals surface area contributed by atoms with Gasteiger partial charge in [-0.05, 0) is 87.8 Å². The molecule has 0 bridgehead atoms. The van der Waals surface area contributed by atoms with Gasteiger partial charge in [0.25, 0.3) is 11.8 Å². The van der Waals surface area contributed by atoms with Gasteiger partial charge in [-0.2, -0.15) is 0 Å². The van der Waals surface area contributed by atoms with Gasteiger partial charge < -0.3 is 15.1 Å². The molecular formula is C28H31N3O2. The number of para-hydroxylation sites is 1. The van der Waals surface area contributed by atoms with Crippen molar-refractivity contribution in [2.75, 3.05) is 30.9 Å². The van der Waals surface area contributed by atoms with E-state index in [1.165, 1.54) is 5.56 Å². The monoisotopic (exact) mass is 441 g/mol. The molecule has 0 fully saturated rings. The number of carbonyl (C=O) groups is 2. The Kier molecular flexibility index (Phi) is 6.61. The van der Waals surface area contributed by atoms with Crippen molar-refractivity contribution in [3.63, 3.8) is 0 Å². The number of hydrogen-bond donors (Lipinski definition) is 1. The van der Waals surface area contributed by atoms with Crippen LogP contribution in [0.25, 0.3) is 0 Å². The van der Waals surface area contributed by atoms with Crippen molar-refractivity contribution in [1.29, 1.82) is 0 Å². The number of nitrogens with zero attached hydrogens (tertiary/aromatic N) is 2. The van der Waals surface area contributed by atoms with Gasteiger partial charge in [0.2, 0.25) is 0 Å². The average Bonchev–Trinajstić information content (AvgIpc) is 3.00. The van der Waals surface area contributed by atoms with Crippen LogP contribution in [0.3, 0.4) is 0 Å². The van der Waals surface area contributed by atoms with Crippen molar-refractivity contribution in [2.45, 2.75) is 32.7 Å². The molecule has 1 N–H and O–H groups in total. The number of hydrogen-bond acceptors (Lipinski definition) is 3. The third-order valence-electron chi connectivity index (χ3n) is 6.43. The van der Waals surface area contributed by atoms with Crippen LogP contribution in [0.1, 0.15) is 56.3 Å². The lowest BCUT2D eigenvalue weighted by Crippen LogP contribution is -2.32. The largest absolute Gasteiger partial charge is 0.322 e. The lowest BCUT2D eigenvalue weighted by Gasteiger charge is -2.27. The standard InChI is InChI=1S/C28H31N3O2/c1-19-10-5-6-11-22(19)27(32)29-24-16-15-21(18-20(24)2)28(33)31-17-9-14-25(30(3)4)23-12-7-8-13-26(23)31/h5-8,10-13,15-16,18,25H,9,14,17H2,1-4H3,(H,29,32). The number of fused-ring (bicyclic) bond motifs is 1. The summed E-state index contributed by atoms with van der Waals surface area (Å²) < 4.78 is 0. The molecule has 2 amide bonds. The maximum absolute atomic E-state index is 13.6. The van der Waals surface area contributed by atoms with Crippen molar-refractivity contribution in [3.05, 3.63) is 94.5 Å². The van der Waals surface area contributed by atoms with E-state index in [1.54, 1.807) is 6.07 Å². The van der Waals surface area contributed by atoms with E-state index in [0.29, 0.717) is 29.4 Å². The summed E-state index contributed by atoms with van der Waals surface area (Å²) in [6.07, 6.45) is 1.95. The lowest BCUT2D eigenvalue weighted by atomic mass is 10.0. The first-order valence-electron chi connectivity index (χ1n) is 11.4. The molecule has 0 saturated carbocycles. The first kappa shape index (κ1) is 22.7. The van der Waals surface area contributed by atoms with E-state index in [2.05, 4.69) is 30.4 Å². The number of anilines is 2. The quantitative estimate of drug-likeness (QED) is 0.573. The highest BCUT2D eigenvalue weighted by Crippen LogP contribution is 2.36. The van der Waals surface area contributed by atoms with Crippen LogP contribution in [0.5, 0.6) is 0 Å². The van der Waals surface area contributed by atoms with E-state index in [1.807, 2.05) is 73.3 Å². The summed E-state index contributed by atoms with van der Waals surface area (Å²) in [5.41, 5.74) is 5.93. The van der Waals surface area contributed by atoms with Gasteiger partial charge in [-0.15, -0.1) is 0 Å². The van der Waals surface area contributed by atoms with Gasteiger partial charge >= 0.3 is 0 Å². The normalized spacial score (nSPS) is 15.7. The minimum atomic E-state index is -0.147. The summed E-state index contributed by atoms with van der Waals surface area (Å²) >= 11 is 0. The molecule has 1 aliphatic heterocycles. The molecule has 1 heterocycles. The van der Waals surface area contributed by atoms with Gasteiger partial charge in [0.05, 0.1) is 0 Å². The van der Waals surface area contributed by atoms with Crippen LogP contribution < -0.4 is 10.2 Å². The highest BCUT2D eigenvalue weighted by molar-refractivity contribution is 6.08. The first-order valence-corrected chi connectivity index (χ1v) is 11.4. The predicted molar refractivity (Wildman–Crippen MR) is 134 cm³/mol. The second kappa shape index (κ2) is 9.59. The summed E-state index contributed by atoms with van der Waals surface area (Å²) in [5, 5.41) is 2.99. The molecule has 170 valence electrons. The van der Waals surface area contributed by atoms with Crippen LogP contribution >= 0.6 is 0 Å². The van der Waals surface area contributed by atoms with Crippen LogP contribution in [0.15, 0.2) is 66.7 Å². The van der Waals surface area contributed by atoms with E-state index < -0.39 is 0 Å². The van der Waals surface area contributed by atoms with Gasteiger partial charge in [-0.3, -0.25) is 9.59 Å². The van der Waals surface area contributed by atoms with Gasteiger partial charge in [-0.1, -0.05) is 36.4 Å². The third kappa shape index (κ3) is 4.69. The Morgan fingerprint density at radius 1 is 0.939 bits per heavy atom. The van der Waals surface area contributed by atoms with E-state index >= 15 is 0 Å². The van der Waals surface area contributed by atoms with Crippen LogP contribution in [0.4, 0.5) is 11.4 Å². The number of benzene rings is 3. The molecule has 33 heavy (non-hydrogen) atoms. The van der Waals surface area contributed by atoms with Crippen molar-refractivity contribution in [3.8, 4) is 0 Å². The second-order valence-electron chi connectivity index (χ2n) is 8.94. The Morgan fingerprint density at radius 2 is 1.67 bits per heavy atom. The number of nitrogens with one attached hydrogen (secondary N) is 1. The molecule has 0 aromatic heterocycles. The van der Waals surface area contributed by atoms with Crippen molar-refractivity contribution in [1.82, 2.24) is 4.90 Å². The van der Waals surface area contributed by atoms with Gasteiger partial charge in [-0.25, -0.2) is 0 Å². The number of aryl methyl sites for hydroxylation is 2. The summed E-state index contributed by atoms with van der Waals surface area (Å²) in [6.45, 7) is 4.52. The maximum atomic E-state index is 13.6. The highest BCUT2D eigenvalue weighted by Gasteiger charge is 2.28. The summed E-state index contributed by atoms with van der Waals surface area (Å²) in [6, 6.07) is 21.5. The fraction of sp³-hybridized carbons (Fsp3) is 0.286. The average molecular weight is 442 g/mol. The minimum absolute atomic E-state index is 0.0123. The van der Waals surface area contributed by atoms with E-state index in [4.69, 9.17) is 0 Å². The molecule has 4 rings (SSSR count). The maximum Gasteiger partial charge on any atom is 0.258 e. The molecule has 5 heteroatoms. The Bertz CT molecular complexity index is 1190. The molecule has 0 saturated heterocycles. The fourth-order valence-corrected chi connectivity index (χ4v) is 4.59. The minimum Gasteiger partial charge on any atom is -0.322 e. The molecule has 3 aromatic rings.